The molecule has 1 atom stereocenters. The SMILES string of the molecule is O=CC1SCCN1C(=O)c1ccccc1C(=O)c1ccccc1. The van der Waals surface area contributed by atoms with Crippen molar-refractivity contribution in [2.45, 2.75) is 5.37 Å². The van der Waals surface area contributed by atoms with Crippen molar-refractivity contribution in [3.63, 3.8) is 0 Å². The zero-order valence-corrected chi connectivity index (χ0v) is 13.2. The molecule has 3 rings (SSSR count). The Morgan fingerprint density at radius 2 is 1.65 bits per heavy atom. The maximum atomic E-state index is 12.8. The molecule has 0 N–H and O–H groups in total. The van der Waals surface area contributed by atoms with E-state index in [2.05, 4.69) is 0 Å². The lowest BCUT2D eigenvalue weighted by molar-refractivity contribution is -0.109. The second kappa shape index (κ2) is 6.79. The fourth-order valence-electron chi connectivity index (χ4n) is 2.59. The molecule has 4 nitrogen and oxygen atoms in total. The van der Waals surface area contributed by atoms with E-state index in [0.29, 0.717) is 23.2 Å². The van der Waals surface area contributed by atoms with Gasteiger partial charge in [-0.25, -0.2) is 0 Å². The molecule has 0 aliphatic carbocycles. The van der Waals surface area contributed by atoms with Crippen LogP contribution in [0, 0.1) is 0 Å². The average Bonchev–Trinajstić information content (AvgIpc) is 3.10. The average molecular weight is 325 g/mol. The Bertz CT molecular complexity index is 745. The van der Waals surface area contributed by atoms with Crippen LogP contribution in [0.15, 0.2) is 54.6 Å². The molecule has 5 heteroatoms. The minimum Gasteiger partial charge on any atom is -0.319 e. The van der Waals surface area contributed by atoms with Crippen molar-refractivity contribution >= 4 is 29.7 Å². The van der Waals surface area contributed by atoms with E-state index in [4.69, 9.17) is 0 Å². The fraction of sp³-hybridized carbons (Fsp3) is 0.167. The van der Waals surface area contributed by atoms with E-state index in [9.17, 15) is 14.4 Å². The summed E-state index contributed by atoms with van der Waals surface area (Å²) in [5, 5.41) is -0.470. The quantitative estimate of drug-likeness (QED) is 0.640. The van der Waals surface area contributed by atoms with Gasteiger partial charge in [-0.3, -0.25) is 9.59 Å². The van der Waals surface area contributed by atoms with Crippen molar-refractivity contribution in [1.29, 1.82) is 0 Å². The second-order valence-corrected chi connectivity index (χ2v) is 6.36. The maximum Gasteiger partial charge on any atom is 0.255 e. The number of aldehydes is 1. The van der Waals surface area contributed by atoms with Crippen LogP contribution in [0.1, 0.15) is 26.3 Å². The summed E-state index contributed by atoms with van der Waals surface area (Å²) in [7, 11) is 0. The molecular formula is C18H15NO3S. The third kappa shape index (κ3) is 3.05. The van der Waals surface area contributed by atoms with Crippen LogP contribution in [0.5, 0.6) is 0 Å². The number of carbonyl (C=O) groups excluding carboxylic acids is 3. The molecule has 1 saturated heterocycles. The largest absolute Gasteiger partial charge is 0.319 e. The van der Waals surface area contributed by atoms with E-state index in [1.54, 1.807) is 48.5 Å². The highest BCUT2D eigenvalue weighted by molar-refractivity contribution is 8.00. The van der Waals surface area contributed by atoms with Crippen LogP contribution in [-0.4, -0.2) is 40.5 Å². The highest BCUT2D eigenvalue weighted by Gasteiger charge is 2.31. The van der Waals surface area contributed by atoms with Gasteiger partial charge in [-0.1, -0.05) is 48.5 Å². The van der Waals surface area contributed by atoms with Gasteiger partial charge in [0.05, 0.1) is 5.56 Å². The molecule has 0 radical (unpaired) electrons. The molecule has 116 valence electrons. The van der Waals surface area contributed by atoms with Crippen LogP contribution in [-0.2, 0) is 4.79 Å². The Morgan fingerprint density at radius 3 is 2.35 bits per heavy atom. The number of amides is 1. The normalized spacial score (nSPS) is 17.0. The summed E-state index contributed by atoms with van der Waals surface area (Å²) in [5.74, 6) is 0.264. The van der Waals surface area contributed by atoms with Crippen molar-refractivity contribution in [3.05, 3.63) is 71.3 Å². The minimum absolute atomic E-state index is 0.191. The van der Waals surface area contributed by atoms with Gasteiger partial charge in [-0.2, -0.15) is 0 Å². The van der Waals surface area contributed by atoms with E-state index < -0.39 is 5.37 Å². The Balaban J connectivity index is 1.96. The van der Waals surface area contributed by atoms with Gasteiger partial charge >= 0.3 is 0 Å². The third-order valence-electron chi connectivity index (χ3n) is 3.74. The van der Waals surface area contributed by atoms with Crippen molar-refractivity contribution in [2.24, 2.45) is 0 Å². The zero-order chi connectivity index (χ0) is 16.2. The molecule has 1 amide bonds. The lowest BCUT2D eigenvalue weighted by atomic mass is 9.97. The van der Waals surface area contributed by atoms with Gasteiger partial charge in [0.15, 0.2) is 12.1 Å². The Hall–Kier alpha value is -2.40. The van der Waals surface area contributed by atoms with Crippen LogP contribution < -0.4 is 0 Å². The van der Waals surface area contributed by atoms with Crippen LogP contribution in [0.3, 0.4) is 0 Å². The Kier molecular flexibility index (Phi) is 4.57. The summed E-state index contributed by atoms with van der Waals surface area (Å²) in [6, 6.07) is 15.6. The zero-order valence-electron chi connectivity index (χ0n) is 12.3. The van der Waals surface area contributed by atoms with Gasteiger partial charge in [0, 0.05) is 23.4 Å². The van der Waals surface area contributed by atoms with Gasteiger partial charge in [-0.15, -0.1) is 11.8 Å². The molecule has 2 aromatic carbocycles. The molecule has 0 spiro atoms. The van der Waals surface area contributed by atoms with Crippen molar-refractivity contribution in [1.82, 2.24) is 4.90 Å². The number of carbonyl (C=O) groups is 3. The van der Waals surface area contributed by atoms with Crippen molar-refractivity contribution < 1.29 is 14.4 Å². The molecule has 23 heavy (non-hydrogen) atoms. The van der Waals surface area contributed by atoms with Crippen molar-refractivity contribution in [3.8, 4) is 0 Å². The standard InChI is InChI=1S/C18H15NO3S/c20-12-16-19(10-11-23-16)18(22)15-9-5-4-8-14(15)17(21)13-6-2-1-3-7-13/h1-9,12,16H,10-11H2. The molecule has 0 saturated carbocycles. The van der Waals surface area contributed by atoms with Crippen LogP contribution >= 0.6 is 11.8 Å². The smallest absolute Gasteiger partial charge is 0.255 e. The van der Waals surface area contributed by atoms with Gasteiger partial charge in [0.1, 0.15) is 5.37 Å². The first-order valence-corrected chi connectivity index (χ1v) is 8.34. The van der Waals surface area contributed by atoms with Gasteiger partial charge in [0.2, 0.25) is 0 Å². The van der Waals surface area contributed by atoms with Gasteiger partial charge < -0.3 is 9.69 Å². The summed E-state index contributed by atoms with van der Waals surface area (Å²) in [6.45, 7) is 0.515. The Labute approximate surface area is 138 Å². The fourth-order valence-corrected chi connectivity index (χ4v) is 3.59. The molecule has 0 aromatic heterocycles. The molecule has 2 aromatic rings. The number of nitrogens with zero attached hydrogens (tertiary/aromatic N) is 1. The highest BCUT2D eigenvalue weighted by atomic mass is 32.2. The van der Waals surface area contributed by atoms with E-state index in [1.165, 1.54) is 16.7 Å². The molecule has 1 aliphatic rings. The lowest BCUT2D eigenvalue weighted by Crippen LogP contribution is -2.36. The number of ketones is 1. The summed E-state index contributed by atoms with van der Waals surface area (Å²) < 4.78 is 0. The molecule has 1 aliphatic heterocycles. The van der Waals surface area contributed by atoms with Crippen LogP contribution in [0.25, 0.3) is 0 Å². The third-order valence-corrected chi connectivity index (χ3v) is 4.87. The highest BCUT2D eigenvalue weighted by Crippen LogP contribution is 2.25. The maximum absolute atomic E-state index is 12.8. The summed E-state index contributed by atoms with van der Waals surface area (Å²) in [5.41, 5.74) is 1.25. The molecule has 1 unspecified atom stereocenters. The van der Waals surface area contributed by atoms with E-state index >= 15 is 0 Å². The van der Waals surface area contributed by atoms with Crippen LogP contribution in [0.2, 0.25) is 0 Å². The van der Waals surface area contributed by atoms with E-state index in [0.717, 1.165) is 12.0 Å². The first kappa shape index (κ1) is 15.5. The number of rotatable bonds is 4. The molecule has 1 heterocycles. The van der Waals surface area contributed by atoms with Crippen molar-refractivity contribution in [2.75, 3.05) is 12.3 Å². The number of benzene rings is 2. The van der Waals surface area contributed by atoms with E-state index in [-0.39, 0.29) is 11.7 Å². The first-order chi connectivity index (χ1) is 11.2. The summed E-state index contributed by atoms with van der Waals surface area (Å²) in [4.78, 5) is 38.1. The van der Waals surface area contributed by atoms with Gasteiger partial charge in [-0.05, 0) is 6.07 Å². The first-order valence-electron chi connectivity index (χ1n) is 7.29. The monoisotopic (exact) mass is 325 g/mol. The van der Waals surface area contributed by atoms with Gasteiger partial charge in [0.25, 0.3) is 5.91 Å². The topological polar surface area (TPSA) is 54.5 Å². The minimum atomic E-state index is -0.470. The Morgan fingerprint density at radius 1 is 1.00 bits per heavy atom. The molecular weight excluding hydrogens is 310 g/mol. The summed E-state index contributed by atoms with van der Waals surface area (Å²) >= 11 is 1.44. The van der Waals surface area contributed by atoms with Crippen LogP contribution in [0.4, 0.5) is 0 Å². The number of thioether (sulfide) groups is 1. The number of hydrogen-bond donors (Lipinski definition) is 0. The predicted octanol–water partition coefficient (Wildman–Crippen LogP) is 2.63. The second-order valence-electron chi connectivity index (χ2n) is 5.14. The van der Waals surface area contributed by atoms with E-state index in [1.807, 2.05) is 6.07 Å². The molecule has 0 bridgehead atoms. The molecule has 1 fully saturated rings. The predicted molar refractivity (Wildman–Crippen MR) is 89.7 cm³/mol. The lowest BCUT2D eigenvalue weighted by Gasteiger charge is -2.20. The summed E-state index contributed by atoms with van der Waals surface area (Å²) in [6.07, 6.45) is 0.775. The number of hydrogen-bond acceptors (Lipinski definition) is 4.